The Labute approximate surface area is 256 Å². The topological polar surface area (TPSA) is 186 Å². The first-order valence-electron chi connectivity index (χ1n) is 13.4. The van der Waals surface area contributed by atoms with Crippen molar-refractivity contribution in [3.8, 4) is 23.0 Å². The van der Waals surface area contributed by atoms with Gasteiger partial charge in [-0.25, -0.2) is 19.2 Å². The molecule has 0 amide bonds. The molecule has 0 saturated heterocycles. The second kappa shape index (κ2) is 14.4. The summed E-state index contributed by atoms with van der Waals surface area (Å²) in [7, 11) is 0. The molecular weight excluding hydrogens is 588 g/mol. The maximum atomic E-state index is 11.3. The average Bonchev–Trinajstić information content (AvgIpc) is 3.04. The highest BCUT2D eigenvalue weighted by atomic mass is 16.5. The van der Waals surface area contributed by atoms with Gasteiger partial charge in [0.15, 0.2) is 0 Å². The lowest BCUT2D eigenvalue weighted by Crippen LogP contribution is -2.45. The van der Waals surface area contributed by atoms with Crippen molar-refractivity contribution in [3.63, 3.8) is 0 Å². The Hall–Kier alpha value is -6.04. The van der Waals surface area contributed by atoms with Gasteiger partial charge in [-0.1, -0.05) is 0 Å². The number of benzene rings is 4. The first kappa shape index (κ1) is 31.9. The van der Waals surface area contributed by atoms with Gasteiger partial charge in [-0.3, -0.25) is 0 Å². The summed E-state index contributed by atoms with van der Waals surface area (Å²) in [5.41, 5.74) is -0.800. The van der Waals surface area contributed by atoms with Crippen LogP contribution in [-0.2, 0) is 0 Å². The lowest BCUT2D eigenvalue weighted by molar-refractivity contribution is -0.00352. The second-order valence-electron chi connectivity index (χ2n) is 9.97. The summed E-state index contributed by atoms with van der Waals surface area (Å²) in [6.45, 7) is -0.305. The zero-order chi connectivity index (χ0) is 32.4. The predicted molar refractivity (Wildman–Crippen MR) is 158 cm³/mol. The smallest absolute Gasteiger partial charge is 0.335 e. The number of carboxylic acid groups (broad SMARTS) is 4. The fourth-order valence-electron chi connectivity index (χ4n) is 3.97. The molecule has 0 unspecified atom stereocenters. The van der Waals surface area contributed by atoms with Crippen LogP contribution in [0.5, 0.6) is 23.0 Å². The molecule has 0 aliphatic carbocycles. The quantitative estimate of drug-likeness (QED) is 0.131. The van der Waals surface area contributed by atoms with E-state index in [1.165, 1.54) is 97.1 Å². The molecule has 0 saturated carbocycles. The van der Waals surface area contributed by atoms with Crippen molar-refractivity contribution < 1.29 is 58.6 Å². The van der Waals surface area contributed by atoms with Crippen LogP contribution in [0.15, 0.2) is 97.1 Å². The Balaban J connectivity index is 1.62. The van der Waals surface area contributed by atoms with Crippen molar-refractivity contribution in [1.29, 1.82) is 0 Å². The van der Waals surface area contributed by atoms with Crippen LogP contribution in [0.4, 0.5) is 0 Å². The summed E-state index contributed by atoms with van der Waals surface area (Å²) in [5, 5.41) is 36.9. The predicted octanol–water partition coefficient (Wildman–Crippen LogP) is 5.08. The Kier molecular flexibility index (Phi) is 10.2. The van der Waals surface area contributed by atoms with Gasteiger partial charge in [0.05, 0.1) is 22.3 Å². The van der Waals surface area contributed by atoms with Gasteiger partial charge in [0.2, 0.25) is 0 Å². The molecule has 0 aromatic heterocycles. The highest BCUT2D eigenvalue weighted by Crippen LogP contribution is 2.27. The largest absolute Gasteiger partial charge is 0.493 e. The second-order valence-corrected chi connectivity index (χ2v) is 9.97. The lowest BCUT2D eigenvalue weighted by atomic mass is 9.92. The molecule has 12 heteroatoms. The van der Waals surface area contributed by atoms with Crippen molar-refractivity contribution in [2.45, 2.75) is 0 Å². The van der Waals surface area contributed by atoms with Crippen molar-refractivity contribution in [1.82, 2.24) is 0 Å². The fourth-order valence-corrected chi connectivity index (χ4v) is 3.97. The molecule has 0 heterocycles. The molecule has 232 valence electrons. The van der Waals surface area contributed by atoms with Gasteiger partial charge in [-0.2, -0.15) is 0 Å². The standard InChI is InChI=1S/C33H28O12/c34-29(35)21-1-9-25(10-2-21)42-17-33(18-43-26-11-3-22(4-12-26)30(36)37,19-44-27-13-5-23(6-14-27)31(38)39)20-45-28-15-7-24(8-16-28)32(40)41/h1-16H,17-20H2,(H,34,35)(H,36,37)(H,38,39)(H,40,41). The molecule has 0 fully saturated rings. The summed E-state index contributed by atoms with van der Waals surface area (Å²) in [6, 6.07) is 23.1. The third-order valence-corrected chi connectivity index (χ3v) is 6.59. The van der Waals surface area contributed by atoms with Crippen LogP contribution < -0.4 is 18.9 Å². The minimum Gasteiger partial charge on any atom is -0.493 e. The van der Waals surface area contributed by atoms with Crippen molar-refractivity contribution in [2.75, 3.05) is 26.4 Å². The monoisotopic (exact) mass is 616 g/mol. The number of hydrogen-bond donors (Lipinski definition) is 4. The molecule has 0 atom stereocenters. The number of hydrogen-bond acceptors (Lipinski definition) is 8. The molecule has 0 aliphatic heterocycles. The van der Waals surface area contributed by atoms with Crippen molar-refractivity contribution in [2.24, 2.45) is 5.41 Å². The third-order valence-electron chi connectivity index (χ3n) is 6.59. The number of aromatic carboxylic acids is 4. The number of rotatable bonds is 16. The van der Waals surface area contributed by atoms with Crippen LogP contribution >= 0.6 is 0 Å². The van der Waals surface area contributed by atoms with Crippen LogP contribution in [0.3, 0.4) is 0 Å². The maximum Gasteiger partial charge on any atom is 0.335 e. The van der Waals surface area contributed by atoms with E-state index in [1.54, 1.807) is 0 Å². The number of carboxylic acids is 4. The van der Waals surface area contributed by atoms with Crippen molar-refractivity contribution >= 4 is 23.9 Å². The number of carbonyl (C=O) groups is 4. The summed E-state index contributed by atoms with van der Waals surface area (Å²) in [6.07, 6.45) is 0. The summed E-state index contributed by atoms with van der Waals surface area (Å²) in [5.74, 6) is -2.96. The molecule has 45 heavy (non-hydrogen) atoms. The molecule has 0 bridgehead atoms. The van der Waals surface area contributed by atoms with Gasteiger partial charge in [-0.15, -0.1) is 0 Å². The zero-order valence-corrected chi connectivity index (χ0v) is 23.6. The van der Waals surface area contributed by atoms with Gasteiger partial charge in [0, 0.05) is 0 Å². The Morgan fingerprint density at radius 1 is 0.378 bits per heavy atom. The van der Waals surface area contributed by atoms with E-state index >= 15 is 0 Å². The highest BCUT2D eigenvalue weighted by Gasteiger charge is 2.36. The molecule has 4 rings (SSSR count). The normalized spacial score (nSPS) is 10.8. The molecule has 0 spiro atoms. The first-order valence-corrected chi connectivity index (χ1v) is 13.4. The minimum absolute atomic E-state index is 0.0723. The van der Waals surface area contributed by atoms with Gasteiger partial charge in [0.1, 0.15) is 54.8 Å². The third kappa shape index (κ3) is 8.97. The van der Waals surface area contributed by atoms with E-state index in [9.17, 15) is 39.6 Å². The molecule has 0 radical (unpaired) electrons. The Morgan fingerprint density at radius 2 is 0.556 bits per heavy atom. The fraction of sp³-hybridized carbons (Fsp3) is 0.152. The van der Waals surface area contributed by atoms with Crippen LogP contribution in [0, 0.1) is 5.41 Å². The van der Waals surface area contributed by atoms with Gasteiger partial charge in [0.25, 0.3) is 0 Å². The molecular formula is C33H28O12. The molecule has 12 nitrogen and oxygen atoms in total. The van der Waals surface area contributed by atoms with Crippen LogP contribution in [0.2, 0.25) is 0 Å². The number of ether oxygens (including phenoxy) is 4. The van der Waals surface area contributed by atoms with Gasteiger partial charge < -0.3 is 39.4 Å². The molecule has 4 aromatic carbocycles. The molecule has 0 aliphatic rings. The Morgan fingerprint density at radius 3 is 0.711 bits per heavy atom. The lowest BCUT2D eigenvalue weighted by Gasteiger charge is -2.33. The van der Waals surface area contributed by atoms with Crippen molar-refractivity contribution in [3.05, 3.63) is 119 Å². The van der Waals surface area contributed by atoms with E-state index in [4.69, 9.17) is 18.9 Å². The van der Waals surface area contributed by atoms with Crippen LogP contribution in [0.25, 0.3) is 0 Å². The van der Waals surface area contributed by atoms with E-state index in [1.807, 2.05) is 0 Å². The summed E-state index contributed by atoms with van der Waals surface area (Å²) >= 11 is 0. The van der Waals surface area contributed by atoms with E-state index in [0.29, 0.717) is 23.0 Å². The average molecular weight is 617 g/mol. The van der Waals surface area contributed by atoms with Crippen LogP contribution in [-0.4, -0.2) is 70.7 Å². The summed E-state index contributed by atoms with van der Waals surface area (Å²) in [4.78, 5) is 45.1. The van der Waals surface area contributed by atoms with E-state index < -0.39 is 29.3 Å². The highest BCUT2D eigenvalue weighted by molar-refractivity contribution is 5.89. The first-order chi connectivity index (χ1) is 21.5. The van der Waals surface area contributed by atoms with Crippen LogP contribution in [0.1, 0.15) is 41.4 Å². The zero-order valence-electron chi connectivity index (χ0n) is 23.6. The molecule has 4 N–H and O–H groups in total. The maximum absolute atomic E-state index is 11.3. The van der Waals surface area contributed by atoms with Gasteiger partial charge >= 0.3 is 23.9 Å². The SMILES string of the molecule is O=C(O)c1ccc(OCC(COc2ccc(C(=O)O)cc2)(COc2ccc(C(=O)O)cc2)COc2ccc(C(=O)O)cc2)cc1. The van der Waals surface area contributed by atoms with E-state index in [0.717, 1.165) is 0 Å². The minimum atomic E-state index is -1.09. The van der Waals surface area contributed by atoms with Gasteiger partial charge in [-0.05, 0) is 97.1 Å². The summed E-state index contributed by atoms with van der Waals surface area (Å²) < 4.78 is 24.2. The molecule has 4 aromatic rings. The van der Waals surface area contributed by atoms with E-state index in [-0.39, 0.29) is 48.7 Å². The Bertz CT molecular complexity index is 1380. The van der Waals surface area contributed by atoms with E-state index in [2.05, 4.69) is 0 Å².